The molecule has 0 bridgehead atoms. The molecule has 3 aromatic carbocycles. The van der Waals surface area contributed by atoms with Crippen LogP contribution in [-0.2, 0) is 11.3 Å². The first-order valence-electron chi connectivity index (χ1n) is 12.8. The van der Waals surface area contributed by atoms with E-state index in [0.29, 0.717) is 54.3 Å². The molecular formula is C30H29F3N2O5. The van der Waals surface area contributed by atoms with Gasteiger partial charge in [-0.1, -0.05) is 18.2 Å². The van der Waals surface area contributed by atoms with Crippen LogP contribution in [0.3, 0.4) is 0 Å². The highest BCUT2D eigenvalue weighted by Gasteiger charge is 2.61. The molecule has 2 fully saturated rings. The summed E-state index contributed by atoms with van der Waals surface area (Å²) in [6.45, 7) is 0.554. The van der Waals surface area contributed by atoms with Crippen molar-refractivity contribution in [1.82, 2.24) is 9.80 Å². The number of nitrogens with zero attached hydrogens (tertiary/aromatic N) is 2. The van der Waals surface area contributed by atoms with Gasteiger partial charge in [-0.25, -0.2) is 13.2 Å². The Morgan fingerprint density at radius 1 is 0.875 bits per heavy atom. The molecule has 0 aromatic heterocycles. The molecule has 1 unspecified atom stereocenters. The van der Waals surface area contributed by atoms with E-state index in [4.69, 9.17) is 14.2 Å². The molecule has 0 saturated carbocycles. The minimum Gasteiger partial charge on any atom is -0.493 e. The zero-order valence-electron chi connectivity index (χ0n) is 22.4. The number of hydrogen-bond donors (Lipinski definition) is 0. The third-order valence-electron chi connectivity index (χ3n) is 7.92. The van der Waals surface area contributed by atoms with Crippen LogP contribution in [0, 0.1) is 22.9 Å². The van der Waals surface area contributed by atoms with Gasteiger partial charge in [0.25, 0.3) is 5.91 Å². The number of likely N-dealkylation sites (tertiary alicyclic amines) is 2. The molecule has 5 rings (SSSR count). The van der Waals surface area contributed by atoms with Crippen LogP contribution in [0.25, 0.3) is 0 Å². The molecule has 10 heteroatoms. The van der Waals surface area contributed by atoms with E-state index in [1.807, 2.05) is 0 Å². The van der Waals surface area contributed by atoms with E-state index in [1.165, 1.54) is 39.5 Å². The first kappa shape index (κ1) is 27.4. The van der Waals surface area contributed by atoms with Crippen LogP contribution in [0.5, 0.6) is 17.2 Å². The summed E-state index contributed by atoms with van der Waals surface area (Å²) in [5.41, 5.74) is 0.425. The minimum absolute atomic E-state index is 0.0528. The van der Waals surface area contributed by atoms with Crippen LogP contribution in [0.2, 0.25) is 0 Å². The Bertz CT molecular complexity index is 1410. The Balaban J connectivity index is 1.39. The summed E-state index contributed by atoms with van der Waals surface area (Å²) in [6.07, 6.45) is 0.735. The average molecular weight is 555 g/mol. The number of piperidine rings is 1. The van der Waals surface area contributed by atoms with Gasteiger partial charge in [-0.3, -0.25) is 9.59 Å². The van der Waals surface area contributed by atoms with Crippen molar-refractivity contribution in [2.24, 2.45) is 5.41 Å². The Morgan fingerprint density at radius 3 is 2.02 bits per heavy atom. The highest BCUT2D eigenvalue weighted by molar-refractivity contribution is 5.96. The minimum atomic E-state index is -0.833. The summed E-state index contributed by atoms with van der Waals surface area (Å²) in [4.78, 5) is 30.3. The van der Waals surface area contributed by atoms with Crippen LogP contribution in [-0.4, -0.2) is 56.0 Å². The molecule has 0 aliphatic carbocycles. The summed E-state index contributed by atoms with van der Waals surface area (Å²) in [5.74, 6) is -1.19. The summed E-state index contributed by atoms with van der Waals surface area (Å²) >= 11 is 0. The molecule has 1 spiro atoms. The molecule has 2 aliphatic heterocycles. The second kappa shape index (κ2) is 10.7. The summed E-state index contributed by atoms with van der Waals surface area (Å²) in [6, 6.07) is 11.9. The van der Waals surface area contributed by atoms with Crippen LogP contribution in [0.4, 0.5) is 13.2 Å². The largest absolute Gasteiger partial charge is 0.493 e. The number of carbonyl (C=O) groups excluding carboxylic acids is 2. The van der Waals surface area contributed by atoms with Crippen molar-refractivity contribution in [1.29, 1.82) is 0 Å². The molecule has 40 heavy (non-hydrogen) atoms. The average Bonchev–Trinajstić information content (AvgIpc) is 2.97. The van der Waals surface area contributed by atoms with Crippen molar-refractivity contribution >= 4 is 11.8 Å². The SMILES string of the molecule is COc1cc(C(=O)N2CCC3(CC2)C(=O)N(Cc2ccc(F)cc2F)C3c2ccc(F)cc2)cc(OC)c1OC. The van der Waals surface area contributed by atoms with Gasteiger partial charge in [0.2, 0.25) is 11.7 Å². The van der Waals surface area contributed by atoms with Gasteiger partial charge in [-0.05, 0) is 48.7 Å². The van der Waals surface area contributed by atoms with E-state index in [2.05, 4.69) is 0 Å². The molecule has 7 nitrogen and oxygen atoms in total. The molecule has 0 N–H and O–H groups in total. The summed E-state index contributed by atoms with van der Waals surface area (Å²) in [7, 11) is 4.42. The maximum absolute atomic E-state index is 14.5. The molecular weight excluding hydrogens is 525 g/mol. The standard InChI is InChI=1S/C30H29F3N2O5/c1-38-24-14-20(15-25(39-2)26(24)40-3)28(36)34-12-10-30(11-13-34)27(18-4-7-21(31)8-5-18)35(29(30)37)17-19-6-9-22(32)16-23(19)33/h4-9,14-16,27H,10-13,17H2,1-3H3. The quantitative estimate of drug-likeness (QED) is 0.379. The van der Waals surface area contributed by atoms with E-state index in [1.54, 1.807) is 34.1 Å². The number of amides is 2. The predicted octanol–water partition coefficient (Wildman–Crippen LogP) is 5.14. The van der Waals surface area contributed by atoms with Crippen molar-refractivity contribution in [2.75, 3.05) is 34.4 Å². The van der Waals surface area contributed by atoms with Gasteiger partial charge in [0, 0.05) is 36.8 Å². The molecule has 210 valence electrons. The second-order valence-corrected chi connectivity index (χ2v) is 9.99. The number of hydrogen-bond acceptors (Lipinski definition) is 5. The van der Waals surface area contributed by atoms with Gasteiger partial charge in [0.05, 0.1) is 32.8 Å². The molecule has 2 saturated heterocycles. The summed E-state index contributed by atoms with van der Waals surface area (Å²) in [5, 5.41) is 0. The summed E-state index contributed by atoms with van der Waals surface area (Å²) < 4.78 is 57.8. The third-order valence-corrected chi connectivity index (χ3v) is 7.92. The molecule has 3 aromatic rings. The smallest absolute Gasteiger partial charge is 0.254 e. The fourth-order valence-electron chi connectivity index (χ4n) is 5.88. The highest BCUT2D eigenvalue weighted by atomic mass is 19.1. The maximum atomic E-state index is 14.5. The molecule has 2 heterocycles. The lowest BCUT2D eigenvalue weighted by molar-refractivity contribution is -0.181. The molecule has 2 aliphatic rings. The van der Waals surface area contributed by atoms with Gasteiger partial charge < -0.3 is 24.0 Å². The molecule has 1 atom stereocenters. The lowest BCUT2D eigenvalue weighted by atomic mass is 9.62. The fourth-order valence-corrected chi connectivity index (χ4v) is 5.88. The van der Waals surface area contributed by atoms with E-state index in [0.717, 1.165) is 12.1 Å². The zero-order chi connectivity index (χ0) is 28.6. The van der Waals surface area contributed by atoms with Gasteiger partial charge >= 0.3 is 0 Å². The van der Waals surface area contributed by atoms with E-state index in [9.17, 15) is 22.8 Å². The molecule has 0 radical (unpaired) electrons. The van der Waals surface area contributed by atoms with E-state index >= 15 is 0 Å². The topological polar surface area (TPSA) is 68.3 Å². The highest BCUT2D eigenvalue weighted by Crippen LogP contribution is 2.56. The van der Waals surface area contributed by atoms with Gasteiger partial charge in [-0.2, -0.15) is 0 Å². The van der Waals surface area contributed by atoms with Crippen molar-refractivity contribution in [3.8, 4) is 17.2 Å². The fraction of sp³-hybridized carbons (Fsp3) is 0.333. The maximum Gasteiger partial charge on any atom is 0.254 e. The number of halogens is 3. The lowest BCUT2D eigenvalue weighted by Gasteiger charge is -2.59. The number of carbonyl (C=O) groups is 2. The number of rotatable bonds is 7. The Kier molecular flexibility index (Phi) is 7.35. The van der Waals surface area contributed by atoms with Crippen LogP contribution in [0.15, 0.2) is 54.6 Å². The number of benzene rings is 3. The Hall–Kier alpha value is -4.21. The monoisotopic (exact) mass is 554 g/mol. The predicted molar refractivity (Wildman–Crippen MR) is 140 cm³/mol. The van der Waals surface area contributed by atoms with Crippen LogP contribution >= 0.6 is 0 Å². The van der Waals surface area contributed by atoms with Gasteiger partial charge in [-0.15, -0.1) is 0 Å². The second-order valence-electron chi connectivity index (χ2n) is 9.99. The lowest BCUT2D eigenvalue weighted by Crippen LogP contribution is -2.66. The van der Waals surface area contributed by atoms with E-state index < -0.39 is 28.9 Å². The Labute approximate surface area is 230 Å². The van der Waals surface area contributed by atoms with Gasteiger partial charge in [0.1, 0.15) is 17.5 Å². The van der Waals surface area contributed by atoms with Crippen LogP contribution in [0.1, 0.15) is 40.4 Å². The Morgan fingerprint density at radius 2 is 1.48 bits per heavy atom. The van der Waals surface area contributed by atoms with E-state index in [-0.39, 0.29) is 23.9 Å². The van der Waals surface area contributed by atoms with Crippen molar-refractivity contribution in [2.45, 2.75) is 25.4 Å². The first-order valence-corrected chi connectivity index (χ1v) is 12.8. The van der Waals surface area contributed by atoms with Crippen molar-refractivity contribution in [3.05, 3.63) is 88.7 Å². The van der Waals surface area contributed by atoms with Crippen LogP contribution < -0.4 is 14.2 Å². The third kappa shape index (κ3) is 4.61. The van der Waals surface area contributed by atoms with Crippen molar-refractivity contribution < 1.29 is 37.0 Å². The van der Waals surface area contributed by atoms with Crippen molar-refractivity contribution in [3.63, 3.8) is 0 Å². The number of methoxy groups -OCH3 is 3. The number of β-lactam (4-membered cyclic amide) rings is 1. The van der Waals surface area contributed by atoms with Gasteiger partial charge in [0.15, 0.2) is 11.5 Å². The number of ether oxygens (including phenoxy) is 3. The molecule has 2 amide bonds. The first-order chi connectivity index (χ1) is 19.2. The zero-order valence-corrected chi connectivity index (χ0v) is 22.4. The normalized spacial score (nSPS) is 17.9.